The van der Waals surface area contributed by atoms with E-state index in [2.05, 4.69) is 15.3 Å². The molecule has 1 aromatic heterocycles. The minimum atomic E-state index is -0.424. The van der Waals surface area contributed by atoms with Crippen LogP contribution in [0.2, 0.25) is 0 Å². The summed E-state index contributed by atoms with van der Waals surface area (Å²) in [7, 11) is 1.69. The number of amides is 1. The fourth-order valence-corrected chi connectivity index (χ4v) is 2.33. The van der Waals surface area contributed by atoms with E-state index in [9.17, 15) is 9.18 Å². The topological polar surface area (TPSA) is 84.1 Å². The summed E-state index contributed by atoms with van der Waals surface area (Å²) in [5.74, 6) is 0.312. The lowest BCUT2D eigenvalue weighted by Crippen LogP contribution is -2.36. The second-order valence-electron chi connectivity index (χ2n) is 4.72. The highest BCUT2D eigenvalue weighted by atomic mass is 19.1. The largest absolute Gasteiger partial charge is 0.370 e. The molecular formula is C12H18FN5O. The van der Waals surface area contributed by atoms with Gasteiger partial charge in [-0.2, -0.15) is 4.98 Å². The first-order chi connectivity index (χ1) is 9.10. The van der Waals surface area contributed by atoms with Gasteiger partial charge < -0.3 is 16.0 Å². The third-order valence-corrected chi connectivity index (χ3v) is 3.35. The van der Waals surface area contributed by atoms with Crippen molar-refractivity contribution in [3.63, 3.8) is 0 Å². The lowest BCUT2D eigenvalue weighted by atomic mass is 9.93. The molecule has 1 aromatic rings. The first-order valence-electron chi connectivity index (χ1n) is 6.33. The standard InChI is InChI=1S/C12H18FN5O/c1-15-12-16-7-9(13)11(17-12)18-4-2-8(3-5-18)6-10(14)19/h7-8H,2-6H2,1H3,(H2,14,19)(H,15,16,17). The molecule has 0 aliphatic carbocycles. The summed E-state index contributed by atoms with van der Waals surface area (Å²) in [5.41, 5.74) is 5.19. The summed E-state index contributed by atoms with van der Waals surface area (Å²) in [6.07, 6.45) is 3.22. The molecule has 1 aliphatic heterocycles. The number of primary amides is 1. The van der Waals surface area contributed by atoms with Gasteiger partial charge in [-0.05, 0) is 18.8 Å². The number of halogens is 1. The SMILES string of the molecule is CNc1ncc(F)c(N2CCC(CC(N)=O)CC2)n1. The molecule has 3 N–H and O–H groups in total. The lowest BCUT2D eigenvalue weighted by Gasteiger charge is -2.32. The number of hydrogen-bond donors (Lipinski definition) is 2. The minimum absolute atomic E-state index is 0.274. The maximum atomic E-state index is 13.7. The number of nitrogens with two attached hydrogens (primary N) is 1. The quantitative estimate of drug-likeness (QED) is 0.841. The summed E-state index contributed by atoms with van der Waals surface area (Å²) < 4.78 is 13.7. The number of carbonyl (C=O) groups excluding carboxylic acids is 1. The van der Waals surface area contributed by atoms with Crippen molar-refractivity contribution in [2.45, 2.75) is 19.3 Å². The van der Waals surface area contributed by atoms with E-state index in [1.807, 2.05) is 4.90 Å². The maximum absolute atomic E-state index is 13.7. The van der Waals surface area contributed by atoms with Gasteiger partial charge >= 0.3 is 0 Å². The molecule has 0 aromatic carbocycles. The highest BCUT2D eigenvalue weighted by Gasteiger charge is 2.23. The molecule has 2 rings (SSSR count). The molecule has 0 atom stereocenters. The normalized spacial score (nSPS) is 16.4. The Balaban J connectivity index is 2.03. The number of rotatable bonds is 4. The summed E-state index contributed by atoms with van der Waals surface area (Å²) in [5, 5.41) is 2.79. The van der Waals surface area contributed by atoms with Gasteiger partial charge in [0.1, 0.15) is 0 Å². The Morgan fingerprint density at radius 2 is 2.26 bits per heavy atom. The molecule has 1 amide bonds. The van der Waals surface area contributed by atoms with E-state index in [4.69, 9.17) is 5.73 Å². The second kappa shape index (κ2) is 5.81. The van der Waals surface area contributed by atoms with Crippen LogP contribution in [-0.2, 0) is 4.79 Å². The summed E-state index contributed by atoms with van der Waals surface area (Å²) in [6, 6.07) is 0. The van der Waals surface area contributed by atoms with Crippen LogP contribution in [0.15, 0.2) is 6.20 Å². The van der Waals surface area contributed by atoms with Crippen LogP contribution < -0.4 is 16.0 Å². The van der Waals surface area contributed by atoms with Crippen LogP contribution in [0.4, 0.5) is 16.2 Å². The highest BCUT2D eigenvalue weighted by molar-refractivity contribution is 5.74. The molecule has 19 heavy (non-hydrogen) atoms. The molecule has 104 valence electrons. The molecular weight excluding hydrogens is 249 g/mol. The average molecular weight is 267 g/mol. The van der Waals surface area contributed by atoms with Gasteiger partial charge in [0.05, 0.1) is 6.20 Å². The summed E-state index contributed by atoms with van der Waals surface area (Å²) >= 11 is 0. The number of hydrogen-bond acceptors (Lipinski definition) is 5. The van der Waals surface area contributed by atoms with Crippen LogP contribution in [0.25, 0.3) is 0 Å². The Morgan fingerprint density at radius 1 is 1.58 bits per heavy atom. The Bertz CT molecular complexity index is 459. The van der Waals surface area contributed by atoms with Crippen molar-refractivity contribution in [2.24, 2.45) is 11.7 Å². The van der Waals surface area contributed by atoms with Gasteiger partial charge in [0, 0.05) is 26.6 Å². The number of carbonyl (C=O) groups is 1. The van der Waals surface area contributed by atoms with Crippen molar-refractivity contribution in [2.75, 3.05) is 30.4 Å². The number of nitrogens with zero attached hydrogens (tertiary/aromatic N) is 3. The van der Waals surface area contributed by atoms with Crippen molar-refractivity contribution in [3.8, 4) is 0 Å². The third kappa shape index (κ3) is 3.30. The molecule has 7 heteroatoms. The third-order valence-electron chi connectivity index (χ3n) is 3.35. The number of aromatic nitrogens is 2. The van der Waals surface area contributed by atoms with Crippen LogP contribution in [0.3, 0.4) is 0 Å². The fraction of sp³-hybridized carbons (Fsp3) is 0.583. The maximum Gasteiger partial charge on any atom is 0.224 e. The molecule has 1 fully saturated rings. The van der Waals surface area contributed by atoms with E-state index in [-0.39, 0.29) is 5.91 Å². The van der Waals surface area contributed by atoms with Crippen LogP contribution in [-0.4, -0.2) is 36.0 Å². The minimum Gasteiger partial charge on any atom is -0.370 e. The zero-order valence-corrected chi connectivity index (χ0v) is 10.9. The Kier molecular flexibility index (Phi) is 4.13. The first kappa shape index (κ1) is 13.5. The Morgan fingerprint density at radius 3 is 2.84 bits per heavy atom. The smallest absolute Gasteiger partial charge is 0.224 e. The molecule has 1 aliphatic rings. The number of nitrogens with one attached hydrogen (secondary N) is 1. The number of piperidine rings is 1. The van der Waals surface area contributed by atoms with E-state index in [1.54, 1.807) is 7.05 Å². The van der Waals surface area contributed by atoms with Crippen LogP contribution in [0.5, 0.6) is 0 Å². The van der Waals surface area contributed by atoms with Crippen molar-refractivity contribution < 1.29 is 9.18 Å². The summed E-state index contributed by atoms with van der Waals surface area (Å²) in [6.45, 7) is 1.35. The van der Waals surface area contributed by atoms with Gasteiger partial charge in [0.15, 0.2) is 11.6 Å². The molecule has 0 bridgehead atoms. The van der Waals surface area contributed by atoms with Gasteiger partial charge in [-0.3, -0.25) is 4.79 Å². The predicted molar refractivity (Wildman–Crippen MR) is 70.3 cm³/mol. The van der Waals surface area contributed by atoms with E-state index < -0.39 is 5.82 Å². The molecule has 0 saturated carbocycles. The number of anilines is 2. The highest BCUT2D eigenvalue weighted by Crippen LogP contribution is 2.25. The van der Waals surface area contributed by atoms with E-state index in [0.717, 1.165) is 12.8 Å². The first-order valence-corrected chi connectivity index (χ1v) is 6.33. The Hall–Kier alpha value is -1.92. The van der Waals surface area contributed by atoms with E-state index in [0.29, 0.717) is 37.2 Å². The molecule has 0 unspecified atom stereocenters. The Labute approximate surface area is 111 Å². The van der Waals surface area contributed by atoms with Crippen molar-refractivity contribution in [1.29, 1.82) is 0 Å². The molecule has 2 heterocycles. The molecule has 6 nitrogen and oxygen atoms in total. The second-order valence-corrected chi connectivity index (χ2v) is 4.72. The van der Waals surface area contributed by atoms with Gasteiger partial charge in [-0.15, -0.1) is 0 Å². The van der Waals surface area contributed by atoms with E-state index >= 15 is 0 Å². The van der Waals surface area contributed by atoms with E-state index in [1.165, 1.54) is 6.20 Å². The van der Waals surface area contributed by atoms with Crippen LogP contribution in [0, 0.1) is 11.7 Å². The van der Waals surface area contributed by atoms with Crippen LogP contribution >= 0.6 is 0 Å². The predicted octanol–water partition coefficient (Wildman–Crippen LogP) is 0.749. The lowest BCUT2D eigenvalue weighted by molar-refractivity contribution is -0.119. The zero-order chi connectivity index (χ0) is 13.8. The van der Waals surface area contributed by atoms with Gasteiger partial charge in [0.25, 0.3) is 0 Å². The van der Waals surface area contributed by atoms with Crippen LogP contribution in [0.1, 0.15) is 19.3 Å². The molecule has 0 spiro atoms. The van der Waals surface area contributed by atoms with Gasteiger partial charge in [0.2, 0.25) is 11.9 Å². The monoisotopic (exact) mass is 267 g/mol. The molecule has 0 radical (unpaired) electrons. The fourth-order valence-electron chi connectivity index (χ4n) is 2.33. The van der Waals surface area contributed by atoms with Crippen molar-refractivity contribution in [3.05, 3.63) is 12.0 Å². The van der Waals surface area contributed by atoms with Gasteiger partial charge in [-0.1, -0.05) is 0 Å². The molecule has 1 saturated heterocycles. The van der Waals surface area contributed by atoms with Crippen molar-refractivity contribution in [1.82, 2.24) is 9.97 Å². The zero-order valence-electron chi connectivity index (χ0n) is 10.9. The summed E-state index contributed by atoms with van der Waals surface area (Å²) in [4.78, 5) is 20.7. The average Bonchev–Trinajstić information content (AvgIpc) is 2.40. The van der Waals surface area contributed by atoms with Gasteiger partial charge in [-0.25, -0.2) is 9.37 Å². The van der Waals surface area contributed by atoms with Crippen molar-refractivity contribution >= 4 is 17.7 Å².